The molecule has 0 amide bonds. The second-order valence-corrected chi connectivity index (χ2v) is 4.39. The summed E-state index contributed by atoms with van der Waals surface area (Å²) >= 11 is 0. The minimum absolute atomic E-state index is 0.408. The summed E-state index contributed by atoms with van der Waals surface area (Å²) in [6.07, 6.45) is 0. The number of anilines is 1. The molecule has 0 bridgehead atoms. The molecule has 0 atom stereocenters. The second kappa shape index (κ2) is 6.33. The monoisotopic (exact) mass is 232 g/mol. The minimum Gasteiger partial charge on any atom is -0.359 e. The number of para-hydroxylation sites is 1. The molecule has 17 heavy (non-hydrogen) atoms. The fourth-order valence-corrected chi connectivity index (χ4v) is 2.07. The van der Waals surface area contributed by atoms with Crippen LogP contribution in [0.25, 0.3) is 0 Å². The van der Waals surface area contributed by atoms with Gasteiger partial charge in [-0.15, -0.1) is 0 Å². The van der Waals surface area contributed by atoms with Crippen LogP contribution in [0.2, 0.25) is 0 Å². The van der Waals surface area contributed by atoms with Crippen molar-refractivity contribution in [2.45, 2.75) is 33.7 Å². The highest BCUT2D eigenvalue weighted by atomic mass is 15.3. The Labute approximate surface area is 106 Å². The molecule has 0 radical (unpaired) electrons. The van der Waals surface area contributed by atoms with Gasteiger partial charge in [0.05, 0.1) is 0 Å². The zero-order valence-corrected chi connectivity index (χ0v) is 11.5. The van der Waals surface area contributed by atoms with Crippen molar-refractivity contribution in [1.82, 2.24) is 4.90 Å². The summed E-state index contributed by atoms with van der Waals surface area (Å²) in [7, 11) is 0. The summed E-state index contributed by atoms with van der Waals surface area (Å²) in [6, 6.07) is 10.9. The highest BCUT2D eigenvalue weighted by Gasteiger charge is 2.17. The summed E-state index contributed by atoms with van der Waals surface area (Å²) in [5, 5.41) is 0. The lowest BCUT2D eigenvalue weighted by Crippen LogP contribution is -2.38. The van der Waals surface area contributed by atoms with Crippen molar-refractivity contribution >= 4 is 5.69 Å². The average Bonchev–Trinajstić information content (AvgIpc) is 2.31. The third-order valence-electron chi connectivity index (χ3n) is 2.96. The van der Waals surface area contributed by atoms with Crippen molar-refractivity contribution in [3.8, 4) is 0 Å². The van der Waals surface area contributed by atoms with E-state index in [0.29, 0.717) is 6.04 Å². The number of rotatable bonds is 6. The molecule has 0 aromatic heterocycles. The van der Waals surface area contributed by atoms with Crippen LogP contribution in [-0.4, -0.2) is 24.0 Å². The Bertz CT molecular complexity index is 339. The fraction of sp³-hybridized carbons (Fsp3) is 0.467. The molecule has 0 unspecified atom stereocenters. The van der Waals surface area contributed by atoms with Gasteiger partial charge in [0.2, 0.25) is 0 Å². The number of hydrogen-bond acceptors (Lipinski definition) is 2. The van der Waals surface area contributed by atoms with Gasteiger partial charge in [-0.25, -0.2) is 0 Å². The lowest BCUT2D eigenvalue weighted by molar-refractivity contribution is 0.365. The molecule has 1 rings (SSSR count). The highest BCUT2D eigenvalue weighted by molar-refractivity contribution is 5.51. The van der Waals surface area contributed by atoms with Crippen molar-refractivity contribution in [3.63, 3.8) is 0 Å². The number of hydrogen-bond donors (Lipinski definition) is 0. The molecule has 0 heterocycles. The third kappa shape index (κ3) is 3.26. The highest BCUT2D eigenvalue weighted by Crippen LogP contribution is 2.22. The maximum absolute atomic E-state index is 4.25. The van der Waals surface area contributed by atoms with Gasteiger partial charge in [0.15, 0.2) is 0 Å². The Morgan fingerprint density at radius 2 is 1.65 bits per heavy atom. The molecular weight excluding hydrogens is 208 g/mol. The third-order valence-corrected chi connectivity index (χ3v) is 2.96. The van der Waals surface area contributed by atoms with E-state index in [9.17, 15) is 0 Å². The van der Waals surface area contributed by atoms with Gasteiger partial charge in [0, 0.05) is 24.8 Å². The van der Waals surface area contributed by atoms with Crippen molar-refractivity contribution in [3.05, 3.63) is 42.7 Å². The summed E-state index contributed by atoms with van der Waals surface area (Å²) in [4.78, 5) is 4.57. The molecule has 0 aliphatic heterocycles. The SMILES string of the molecule is C=C(N(CC)CC)N(c1ccccc1)C(C)C. The van der Waals surface area contributed by atoms with Gasteiger partial charge in [-0.3, -0.25) is 0 Å². The molecule has 0 aliphatic rings. The first-order valence-electron chi connectivity index (χ1n) is 6.39. The van der Waals surface area contributed by atoms with E-state index in [1.54, 1.807) is 0 Å². The van der Waals surface area contributed by atoms with Gasteiger partial charge in [-0.1, -0.05) is 24.8 Å². The molecule has 0 saturated heterocycles. The van der Waals surface area contributed by atoms with Crippen LogP contribution >= 0.6 is 0 Å². The molecule has 0 spiro atoms. The first-order valence-corrected chi connectivity index (χ1v) is 6.39. The zero-order valence-electron chi connectivity index (χ0n) is 11.5. The van der Waals surface area contributed by atoms with Crippen LogP contribution in [0.4, 0.5) is 5.69 Å². The lowest BCUT2D eigenvalue weighted by Gasteiger charge is -2.37. The van der Waals surface area contributed by atoms with Gasteiger partial charge in [0.1, 0.15) is 5.82 Å². The fourth-order valence-electron chi connectivity index (χ4n) is 2.07. The standard InChI is InChI=1S/C15H24N2/c1-6-16(7-2)14(5)17(13(3)4)15-11-9-8-10-12-15/h8-13H,5-7H2,1-4H3. The van der Waals surface area contributed by atoms with Crippen molar-refractivity contribution in [2.75, 3.05) is 18.0 Å². The zero-order chi connectivity index (χ0) is 12.8. The first-order chi connectivity index (χ1) is 8.11. The number of nitrogens with zero attached hydrogens (tertiary/aromatic N) is 2. The lowest BCUT2D eigenvalue weighted by atomic mass is 10.2. The summed E-state index contributed by atoms with van der Waals surface area (Å²) in [6.45, 7) is 15.0. The molecule has 0 N–H and O–H groups in total. The van der Waals surface area contributed by atoms with Crippen LogP contribution in [0.1, 0.15) is 27.7 Å². The molecule has 0 fully saturated rings. The molecule has 1 aromatic carbocycles. The molecule has 94 valence electrons. The molecule has 2 heteroatoms. The quantitative estimate of drug-likeness (QED) is 0.737. The Balaban J connectivity index is 2.98. The van der Waals surface area contributed by atoms with Crippen LogP contribution < -0.4 is 4.90 Å². The Morgan fingerprint density at radius 1 is 1.12 bits per heavy atom. The maximum atomic E-state index is 4.25. The summed E-state index contributed by atoms with van der Waals surface area (Å²) < 4.78 is 0. The van der Waals surface area contributed by atoms with E-state index in [4.69, 9.17) is 0 Å². The van der Waals surface area contributed by atoms with Gasteiger partial charge in [0.25, 0.3) is 0 Å². The first kappa shape index (κ1) is 13.6. The van der Waals surface area contributed by atoms with Gasteiger partial charge in [-0.05, 0) is 39.8 Å². The van der Waals surface area contributed by atoms with E-state index < -0.39 is 0 Å². The van der Waals surface area contributed by atoms with Crippen molar-refractivity contribution in [2.24, 2.45) is 0 Å². The Kier molecular flexibility index (Phi) is 5.08. The molecule has 0 aliphatic carbocycles. The van der Waals surface area contributed by atoms with E-state index in [1.165, 1.54) is 5.69 Å². The van der Waals surface area contributed by atoms with E-state index >= 15 is 0 Å². The molecular formula is C15H24N2. The largest absolute Gasteiger partial charge is 0.359 e. The van der Waals surface area contributed by atoms with E-state index in [0.717, 1.165) is 18.9 Å². The Morgan fingerprint density at radius 3 is 2.06 bits per heavy atom. The van der Waals surface area contributed by atoms with Crippen LogP contribution in [0.15, 0.2) is 42.7 Å². The topological polar surface area (TPSA) is 6.48 Å². The normalized spacial score (nSPS) is 10.4. The summed E-state index contributed by atoms with van der Waals surface area (Å²) in [5.41, 5.74) is 1.21. The van der Waals surface area contributed by atoms with Gasteiger partial charge in [-0.2, -0.15) is 0 Å². The van der Waals surface area contributed by atoms with Crippen LogP contribution in [0, 0.1) is 0 Å². The maximum Gasteiger partial charge on any atom is 0.101 e. The van der Waals surface area contributed by atoms with E-state index in [2.05, 4.69) is 68.3 Å². The smallest absolute Gasteiger partial charge is 0.101 e. The average molecular weight is 232 g/mol. The summed E-state index contributed by atoms with van der Waals surface area (Å²) in [5.74, 6) is 1.08. The molecule has 2 nitrogen and oxygen atoms in total. The predicted octanol–water partition coefficient (Wildman–Crippen LogP) is 3.71. The molecule has 0 saturated carbocycles. The van der Waals surface area contributed by atoms with Crippen LogP contribution in [-0.2, 0) is 0 Å². The number of benzene rings is 1. The van der Waals surface area contributed by atoms with Crippen molar-refractivity contribution in [1.29, 1.82) is 0 Å². The Hall–Kier alpha value is -1.44. The van der Waals surface area contributed by atoms with Gasteiger partial charge >= 0.3 is 0 Å². The van der Waals surface area contributed by atoms with Crippen molar-refractivity contribution < 1.29 is 0 Å². The van der Waals surface area contributed by atoms with E-state index in [-0.39, 0.29) is 0 Å². The molecule has 1 aromatic rings. The predicted molar refractivity (Wildman–Crippen MR) is 76.1 cm³/mol. The second-order valence-electron chi connectivity index (χ2n) is 4.39. The van der Waals surface area contributed by atoms with E-state index in [1.807, 2.05) is 6.07 Å². The van der Waals surface area contributed by atoms with Gasteiger partial charge < -0.3 is 9.80 Å². The van der Waals surface area contributed by atoms with Crippen LogP contribution in [0.3, 0.4) is 0 Å². The van der Waals surface area contributed by atoms with Crippen LogP contribution in [0.5, 0.6) is 0 Å². The minimum atomic E-state index is 0.408.